The van der Waals surface area contributed by atoms with Crippen molar-refractivity contribution in [2.24, 2.45) is 0 Å². The molecule has 1 aliphatic heterocycles. The van der Waals surface area contributed by atoms with Gasteiger partial charge >= 0.3 is 0 Å². The van der Waals surface area contributed by atoms with E-state index in [1.807, 2.05) is 6.92 Å². The quantitative estimate of drug-likeness (QED) is 0.805. The highest BCUT2D eigenvalue weighted by Gasteiger charge is 2.23. The number of carbonyl (C=O) groups excluding carboxylic acids is 1. The predicted octanol–water partition coefficient (Wildman–Crippen LogP) is 1.43. The molecule has 0 aromatic carbocycles. The molecule has 1 aliphatic rings. The summed E-state index contributed by atoms with van der Waals surface area (Å²) in [6.45, 7) is 5.69. The predicted molar refractivity (Wildman–Crippen MR) is 81.4 cm³/mol. The van der Waals surface area contributed by atoms with Crippen LogP contribution >= 0.6 is 11.3 Å². The van der Waals surface area contributed by atoms with Crippen LogP contribution in [0.25, 0.3) is 0 Å². The fourth-order valence-corrected chi connectivity index (χ4v) is 3.17. The van der Waals surface area contributed by atoms with Gasteiger partial charge in [0.25, 0.3) is 5.91 Å². The van der Waals surface area contributed by atoms with Crippen molar-refractivity contribution in [1.29, 1.82) is 0 Å². The van der Waals surface area contributed by atoms with Crippen molar-refractivity contribution in [3.05, 3.63) is 4.88 Å². The minimum atomic E-state index is -0.0786. The van der Waals surface area contributed by atoms with Gasteiger partial charge in [-0.2, -0.15) is 0 Å². The van der Waals surface area contributed by atoms with Crippen LogP contribution in [0, 0.1) is 0 Å². The lowest BCUT2D eigenvalue weighted by Crippen LogP contribution is -2.30. The normalized spacial score (nSPS) is 14.8. The Bertz CT molecular complexity index is 457. The third-order valence-corrected chi connectivity index (χ3v) is 4.45. The number of thiazole rings is 1. The van der Waals surface area contributed by atoms with Gasteiger partial charge in [-0.3, -0.25) is 4.79 Å². The lowest BCUT2D eigenvalue weighted by atomic mass is 10.4. The average Bonchev–Trinajstić information content (AvgIpc) is 3.07. The second-order valence-corrected chi connectivity index (χ2v) is 5.81. The molecule has 2 heterocycles. The lowest BCUT2D eigenvalue weighted by molar-refractivity contribution is 0.0715. The summed E-state index contributed by atoms with van der Waals surface area (Å²) >= 11 is 1.39. The zero-order valence-electron chi connectivity index (χ0n) is 12.1. The molecule has 2 N–H and O–H groups in total. The summed E-state index contributed by atoms with van der Waals surface area (Å²) in [6.07, 6.45) is 2.36. The van der Waals surface area contributed by atoms with Crippen LogP contribution in [-0.2, 0) is 4.74 Å². The third-order valence-electron chi connectivity index (χ3n) is 3.33. The van der Waals surface area contributed by atoms with Crippen LogP contribution in [0.4, 0.5) is 10.9 Å². The lowest BCUT2D eigenvalue weighted by Gasteiger charge is -2.16. The Morgan fingerprint density at radius 2 is 2.20 bits per heavy atom. The SMILES string of the molecule is CCOCCN(C)C(=O)c1sc(N2CCCC2)nc1N. The molecule has 0 unspecified atom stereocenters. The molecule has 20 heavy (non-hydrogen) atoms. The van der Waals surface area contributed by atoms with E-state index in [9.17, 15) is 4.79 Å². The Hall–Kier alpha value is -1.34. The Morgan fingerprint density at radius 3 is 2.85 bits per heavy atom. The van der Waals surface area contributed by atoms with Crippen molar-refractivity contribution in [1.82, 2.24) is 9.88 Å². The molecular formula is C13H22N4O2S. The Balaban J connectivity index is 2.01. The van der Waals surface area contributed by atoms with E-state index in [0.717, 1.165) is 18.2 Å². The number of amides is 1. The highest BCUT2D eigenvalue weighted by molar-refractivity contribution is 7.18. The Labute approximate surface area is 123 Å². The molecule has 0 radical (unpaired) electrons. The van der Waals surface area contributed by atoms with Gasteiger partial charge in [-0.1, -0.05) is 11.3 Å². The number of aromatic nitrogens is 1. The van der Waals surface area contributed by atoms with Crippen LogP contribution in [0.2, 0.25) is 0 Å². The number of carbonyl (C=O) groups is 1. The maximum atomic E-state index is 12.3. The van der Waals surface area contributed by atoms with Gasteiger partial charge < -0.3 is 20.3 Å². The number of nitrogens with zero attached hydrogens (tertiary/aromatic N) is 3. The van der Waals surface area contributed by atoms with Crippen molar-refractivity contribution < 1.29 is 9.53 Å². The molecule has 1 aromatic heterocycles. The first-order valence-electron chi connectivity index (χ1n) is 6.98. The highest BCUT2D eigenvalue weighted by atomic mass is 32.1. The van der Waals surface area contributed by atoms with E-state index in [-0.39, 0.29) is 5.91 Å². The van der Waals surface area contributed by atoms with Crippen LogP contribution < -0.4 is 10.6 Å². The van der Waals surface area contributed by atoms with E-state index in [1.165, 1.54) is 24.2 Å². The molecule has 0 saturated carbocycles. The van der Waals surface area contributed by atoms with E-state index >= 15 is 0 Å². The summed E-state index contributed by atoms with van der Waals surface area (Å²) in [4.78, 5) is 21.0. The van der Waals surface area contributed by atoms with Crippen LogP contribution in [0.1, 0.15) is 29.4 Å². The van der Waals surface area contributed by atoms with Crippen LogP contribution in [0.15, 0.2) is 0 Å². The summed E-state index contributed by atoms with van der Waals surface area (Å²) < 4.78 is 5.26. The molecule has 112 valence electrons. The van der Waals surface area contributed by atoms with E-state index in [2.05, 4.69) is 9.88 Å². The van der Waals surface area contributed by atoms with Crippen LogP contribution in [0.5, 0.6) is 0 Å². The number of ether oxygens (including phenoxy) is 1. The Morgan fingerprint density at radius 1 is 1.50 bits per heavy atom. The topological polar surface area (TPSA) is 71.7 Å². The van der Waals surface area contributed by atoms with E-state index < -0.39 is 0 Å². The van der Waals surface area contributed by atoms with Crippen molar-refractivity contribution >= 4 is 28.2 Å². The first-order valence-corrected chi connectivity index (χ1v) is 7.79. The minimum absolute atomic E-state index is 0.0786. The van der Waals surface area contributed by atoms with Crippen molar-refractivity contribution in [2.75, 3.05) is 50.5 Å². The second kappa shape index (κ2) is 6.90. The number of likely N-dealkylation sites (N-methyl/N-ethyl adjacent to an activating group) is 1. The standard InChI is InChI=1S/C13H22N4O2S/c1-3-19-9-8-16(2)12(18)10-11(14)15-13(20-10)17-6-4-5-7-17/h3-9,14H2,1-2H3. The van der Waals surface area contributed by atoms with Gasteiger partial charge in [-0.05, 0) is 19.8 Å². The molecule has 1 fully saturated rings. The molecule has 0 aliphatic carbocycles. The number of rotatable bonds is 6. The van der Waals surface area contributed by atoms with E-state index in [4.69, 9.17) is 10.5 Å². The third kappa shape index (κ3) is 3.40. The average molecular weight is 298 g/mol. The summed E-state index contributed by atoms with van der Waals surface area (Å²) in [7, 11) is 1.76. The highest BCUT2D eigenvalue weighted by Crippen LogP contribution is 2.30. The number of nitrogens with two attached hydrogens (primary N) is 1. The van der Waals surface area contributed by atoms with Gasteiger partial charge in [0.15, 0.2) is 5.13 Å². The first-order chi connectivity index (χ1) is 9.63. The van der Waals surface area contributed by atoms with Crippen LogP contribution in [-0.4, -0.2) is 55.7 Å². The molecule has 1 aromatic rings. The number of hydrogen-bond acceptors (Lipinski definition) is 6. The molecule has 2 rings (SSSR count). The van der Waals surface area contributed by atoms with Gasteiger partial charge in [0.05, 0.1) is 6.61 Å². The van der Waals surface area contributed by atoms with Crippen molar-refractivity contribution in [2.45, 2.75) is 19.8 Å². The number of hydrogen-bond donors (Lipinski definition) is 1. The van der Waals surface area contributed by atoms with E-state index in [0.29, 0.717) is 30.5 Å². The molecule has 0 atom stereocenters. The first kappa shape index (κ1) is 15.1. The Kier molecular flexibility index (Phi) is 5.19. The largest absolute Gasteiger partial charge is 0.382 e. The van der Waals surface area contributed by atoms with Crippen molar-refractivity contribution in [3.63, 3.8) is 0 Å². The maximum absolute atomic E-state index is 12.3. The molecule has 0 bridgehead atoms. The van der Waals surface area contributed by atoms with E-state index in [1.54, 1.807) is 11.9 Å². The summed E-state index contributed by atoms with van der Waals surface area (Å²) in [5, 5.41) is 0.863. The minimum Gasteiger partial charge on any atom is -0.382 e. The van der Waals surface area contributed by atoms with Gasteiger partial charge in [0.1, 0.15) is 10.7 Å². The monoisotopic (exact) mass is 298 g/mol. The zero-order chi connectivity index (χ0) is 14.5. The zero-order valence-corrected chi connectivity index (χ0v) is 12.9. The summed E-state index contributed by atoms with van der Waals surface area (Å²) in [6, 6.07) is 0. The molecule has 1 amide bonds. The molecule has 1 saturated heterocycles. The molecular weight excluding hydrogens is 276 g/mol. The molecule has 7 heteroatoms. The fraction of sp³-hybridized carbons (Fsp3) is 0.692. The fourth-order valence-electron chi connectivity index (χ4n) is 2.14. The summed E-state index contributed by atoms with van der Waals surface area (Å²) in [5.41, 5.74) is 5.90. The van der Waals surface area contributed by atoms with Gasteiger partial charge in [-0.15, -0.1) is 0 Å². The molecule has 0 spiro atoms. The maximum Gasteiger partial charge on any atom is 0.267 e. The van der Waals surface area contributed by atoms with Crippen molar-refractivity contribution in [3.8, 4) is 0 Å². The second-order valence-electron chi connectivity index (χ2n) is 4.83. The number of nitrogen functional groups attached to an aromatic ring is 1. The smallest absolute Gasteiger partial charge is 0.267 e. The van der Waals surface area contributed by atoms with Gasteiger partial charge in [0.2, 0.25) is 0 Å². The van der Waals surface area contributed by atoms with Crippen LogP contribution in [0.3, 0.4) is 0 Å². The molecule has 6 nitrogen and oxygen atoms in total. The van der Waals surface area contributed by atoms with Gasteiger partial charge in [-0.25, -0.2) is 4.98 Å². The summed E-state index contributed by atoms with van der Waals surface area (Å²) in [5.74, 6) is 0.260. The number of anilines is 2. The van der Waals surface area contributed by atoms with Gasteiger partial charge in [0, 0.05) is 33.3 Å².